The molecule has 0 saturated carbocycles. The standard InChI is InChI=1S/C3H9O4P.Mg/c1-3(2)7-8(4,5)6;/h3H,1-2H3,(H2,4,5,6);/q;+2/p-2. The molecule has 0 aromatic rings. The fourth-order valence-corrected chi connectivity index (χ4v) is 0.775. The molecule has 50 valence electrons. The van der Waals surface area contributed by atoms with Gasteiger partial charge in [0, 0.05) is 0 Å². The molecule has 0 rings (SSSR count). The Bertz CT molecular complexity index is 108. The normalized spacial score (nSPS) is 11.2. The summed E-state index contributed by atoms with van der Waals surface area (Å²) in [5.74, 6) is 0. The van der Waals surface area contributed by atoms with E-state index >= 15 is 0 Å². The molecule has 0 heterocycles. The van der Waals surface area contributed by atoms with Crippen LogP contribution in [0.25, 0.3) is 0 Å². The molecule has 0 unspecified atom stereocenters. The van der Waals surface area contributed by atoms with Crippen LogP contribution in [0.5, 0.6) is 0 Å². The molecule has 0 atom stereocenters. The van der Waals surface area contributed by atoms with Crippen LogP contribution in [0, 0.1) is 0 Å². The second kappa shape index (κ2) is 4.65. The molecule has 0 aromatic carbocycles. The molecule has 0 aromatic heterocycles. The van der Waals surface area contributed by atoms with E-state index in [1.807, 2.05) is 0 Å². The summed E-state index contributed by atoms with van der Waals surface area (Å²) in [5.41, 5.74) is 0. The van der Waals surface area contributed by atoms with Gasteiger partial charge in [-0.05, 0) is 13.8 Å². The second-order valence-electron chi connectivity index (χ2n) is 1.60. The smallest absolute Gasteiger partial charge is 0.790 e. The summed E-state index contributed by atoms with van der Waals surface area (Å²) >= 11 is 0. The maximum atomic E-state index is 9.69. The van der Waals surface area contributed by atoms with E-state index < -0.39 is 13.9 Å². The molecule has 9 heavy (non-hydrogen) atoms. The third kappa shape index (κ3) is 12.2. The molecule has 0 bridgehead atoms. The molecular weight excluding hydrogens is 155 g/mol. The first kappa shape index (κ1) is 12.5. The summed E-state index contributed by atoms with van der Waals surface area (Å²) in [5, 5.41) is 0. The van der Waals surface area contributed by atoms with E-state index in [1.54, 1.807) is 0 Å². The van der Waals surface area contributed by atoms with Gasteiger partial charge in [-0.25, -0.2) is 0 Å². The van der Waals surface area contributed by atoms with E-state index in [0.29, 0.717) is 0 Å². The minimum atomic E-state index is -4.72. The number of rotatable bonds is 2. The van der Waals surface area contributed by atoms with E-state index in [1.165, 1.54) is 13.8 Å². The summed E-state index contributed by atoms with van der Waals surface area (Å²) in [6, 6.07) is 0. The van der Waals surface area contributed by atoms with Crippen molar-refractivity contribution < 1.29 is 18.9 Å². The molecule has 6 heteroatoms. The van der Waals surface area contributed by atoms with Crippen LogP contribution in [0.1, 0.15) is 13.8 Å². The zero-order valence-electron chi connectivity index (χ0n) is 5.36. The van der Waals surface area contributed by atoms with Crippen LogP contribution in [-0.4, -0.2) is 29.2 Å². The van der Waals surface area contributed by atoms with Gasteiger partial charge in [-0.3, -0.25) is 0 Å². The van der Waals surface area contributed by atoms with Crippen LogP contribution in [-0.2, 0) is 9.09 Å². The summed E-state index contributed by atoms with van der Waals surface area (Å²) in [6.07, 6.45) is -0.546. The predicted octanol–water partition coefficient (Wildman–Crippen LogP) is -1.14. The Morgan fingerprint density at radius 3 is 1.78 bits per heavy atom. The van der Waals surface area contributed by atoms with Gasteiger partial charge >= 0.3 is 23.1 Å². The summed E-state index contributed by atoms with van der Waals surface area (Å²) in [4.78, 5) is 19.4. The van der Waals surface area contributed by atoms with Gasteiger partial charge in [0.15, 0.2) is 0 Å². The molecule has 0 saturated heterocycles. The molecule has 0 fully saturated rings. The molecule has 4 nitrogen and oxygen atoms in total. The van der Waals surface area contributed by atoms with Gasteiger partial charge in [-0.15, -0.1) is 0 Å². The third-order valence-electron chi connectivity index (χ3n) is 0.340. The number of phosphoric acid groups is 1. The maximum absolute atomic E-state index is 9.69. The summed E-state index contributed by atoms with van der Waals surface area (Å²) in [6.45, 7) is 2.95. The van der Waals surface area contributed by atoms with Gasteiger partial charge in [-0.1, -0.05) is 0 Å². The van der Waals surface area contributed by atoms with Gasteiger partial charge in [0.1, 0.15) is 0 Å². The average molecular weight is 162 g/mol. The van der Waals surface area contributed by atoms with Crippen molar-refractivity contribution in [3.05, 3.63) is 0 Å². The maximum Gasteiger partial charge on any atom is 2.00 e. The van der Waals surface area contributed by atoms with Crippen molar-refractivity contribution in [2.75, 3.05) is 0 Å². The molecular formula is C3H7MgO4P. The fraction of sp³-hybridized carbons (Fsp3) is 1.00. The first-order chi connectivity index (χ1) is 3.42. The third-order valence-corrected chi connectivity index (χ3v) is 1.02. The Morgan fingerprint density at radius 2 is 1.78 bits per heavy atom. The molecule has 0 radical (unpaired) electrons. The van der Waals surface area contributed by atoms with Crippen molar-refractivity contribution in [2.45, 2.75) is 20.0 Å². The van der Waals surface area contributed by atoms with Crippen molar-refractivity contribution in [3.8, 4) is 0 Å². The number of phosphoric ester groups is 1. The van der Waals surface area contributed by atoms with Gasteiger partial charge in [0.2, 0.25) is 0 Å². The van der Waals surface area contributed by atoms with Crippen molar-refractivity contribution in [1.29, 1.82) is 0 Å². The van der Waals surface area contributed by atoms with Crippen molar-refractivity contribution >= 4 is 30.9 Å². The van der Waals surface area contributed by atoms with E-state index in [4.69, 9.17) is 0 Å². The van der Waals surface area contributed by atoms with Crippen LogP contribution >= 0.6 is 7.82 Å². The Morgan fingerprint density at radius 1 is 1.44 bits per heavy atom. The Hall–Kier alpha value is 0.876. The Kier molecular flexibility index (Phi) is 6.49. The van der Waals surface area contributed by atoms with Gasteiger partial charge in [0.25, 0.3) is 0 Å². The van der Waals surface area contributed by atoms with Crippen LogP contribution < -0.4 is 9.79 Å². The Labute approximate surface area is 70.0 Å². The average Bonchev–Trinajstić information content (AvgIpc) is 1.21. The second-order valence-corrected chi connectivity index (χ2v) is 2.71. The monoisotopic (exact) mass is 162 g/mol. The van der Waals surface area contributed by atoms with Crippen LogP contribution in [0.4, 0.5) is 0 Å². The van der Waals surface area contributed by atoms with Gasteiger partial charge < -0.3 is 18.9 Å². The minimum Gasteiger partial charge on any atom is -0.790 e. The summed E-state index contributed by atoms with van der Waals surface area (Å²) in [7, 11) is -4.72. The summed E-state index contributed by atoms with van der Waals surface area (Å²) < 4.78 is 13.6. The van der Waals surface area contributed by atoms with Crippen LogP contribution in [0.2, 0.25) is 0 Å². The van der Waals surface area contributed by atoms with E-state index in [0.717, 1.165) is 0 Å². The van der Waals surface area contributed by atoms with Crippen molar-refractivity contribution in [3.63, 3.8) is 0 Å². The first-order valence-corrected chi connectivity index (χ1v) is 3.58. The zero-order valence-corrected chi connectivity index (χ0v) is 7.67. The van der Waals surface area contributed by atoms with Gasteiger partial charge in [-0.2, -0.15) is 0 Å². The van der Waals surface area contributed by atoms with Gasteiger partial charge in [0.05, 0.1) is 13.9 Å². The SMILES string of the molecule is CC(C)OP(=O)([O-])[O-].[Mg+2]. The predicted molar refractivity (Wildman–Crippen MR) is 29.6 cm³/mol. The fourth-order valence-electron chi connectivity index (χ4n) is 0.258. The largest absolute Gasteiger partial charge is 2.00 e. The molecule has 0 amide bonds. The van der Waals surface area contributed by atoms with Crippen LogP contribution in [0.15, 0.2) is 0 Å². The minimum absolute atomic E-state index is 0. The number of hydrogen-bond donors (Lipinski definition) is 0. The first-order valence-electron chi connectivity index (χ1n) is 2.12. The number of hydrogen-bond acceptors (Lipinski definition) is 4. The molecule has 0 aliphatic carbocycles. The van der Waals surface area contributed by atoms with Crippen LogP contribution in [0.3, 0.4) is 0 Å². The molecule has 0 spiro atoms. The van der Waals surface area contributed by atoms with E-state index in [9.17, 15) is 14.4 Å². The topological polar surface area (TPSA) is 72.4 Å². The van der Waals surface area contributed by atoms with Crippen molar-refractivity contribution in [1.82, 2.24) is 0 Å². The van der Waals surface area contributed by atoms with Crippen molar-refractivity contribution in [2.24, 2.45) is 0 Å². The zero-order chi connectivity index (χ0) is 6.78. The molecule has 0 N–H and O–H groups in total. The Balaban J connectivity index is 0. The quantitative estimate of drug-likeness (QED) is 0.380. The van der Waals surface area contributed by atoms with E-state index in [2.05, 4.69) is 4.52 Å². The molecule has 0 aliphatic heterocycles. The van der Waals surface area contributed by atoms with E-state index in [-0.39, 0.29) is 23.1 Å². The molecule has 0 aliphatic rings.